The number of ether oxygens (including phenoxy) is 2. The van der Waals surface area contributed by atoms with E-state index in [0.29, 0.717) is 25.5 Å². The zero-order valence-corrected chi connectivity index (χ0v) is 20.7. The zero-order valence-electron chi connectivity index (χ0n) is 20.7. The maximum absolute atomic E-state index is 12.6. The van der Waals surface area contributed by atoms with Crippen molar-refractivity contribution in [3.63, 3.8) is 0 Å². The van der Waals surface area contributed by atoms with E-state index in [1.165, 1.54) is 0 Å². The number of rotatable bonds is 5. The molecule has 0 atom stereocenters. The van der Waals surface area contributed by atoms with Crippen LogP contribution in [0.2, 0.25) is 0 Å². The van der Waals surface area contributed by atoms with E-state index in [2.05, 4.69) is 38.4 Å². The average molecular weight is 507 g/mol. The van der Waals surface area contributed by atoms with E-state index in [0.717, 1.165) is 75.7 Å². The maximum Gasteiger partial charge on any atom is 0.250 e. The summed E-state index contributed by atoms with van der Waals surface area (Å²) >= 11 is 0. The molecule has 8 nitrogen and oxygen atoms in total. The fourth-order valence-corrected chi connectivity index (χ4v) is 5.18. The fraction of sp³-hybridized carbons (Fsp3) is 0.200. The summed E-state index contributed by atoms with van der Waals surface area (Å²) in [5.74, 6) is 1.61. The van der Waals surface area contributed by atoms with E-state index in [4.69, 9.17) is 13.9 Å². The van der Waals surface area contributed by atoms with E-state index < -0.39 is 0 Å². The number of morpholine rings is 1. The molecule has 190 valence electrons. The minimum Gasteiger partial charge on any atom is -0.456 e. The number of hydrogen-bond donors (Lipinski definition) is 2. The molecule has 0 amide bonds. The van der Waals surface area contributed by atoms with Crippen molar-refractivity contribution >= 4 is 22.5 Å². The van der Waals surface area contributed by atoms with Crippen LogP contribution < -0.4 is 20.5 Å². The SMILES string of the molecule is O=c1cc(N2CCOCC2)cc(-c2cccc3c2Oc2ccc(NCc4cnc5occc5c4)cc2C3)[nH]1. The maximum atomic E-state index is 12.6. The second kappa shape index (κ2) is 9.39. The molecule has 2 aliphatic heterocycles. The second-order valence-electron chi connectivity index (χ2n) is 9.62. The number of para-hydroxylation sites is 1. The lowest BCUT2D eigenvalue weighted by Crippen LogP contribution is -2.36. The van der Waals surface area contributed by atoms with Crippen LogP contribution in [0, 0.1) is 0 Å². The quantitative estimate of drug-likeness (QED) is 0.327. The number of furan rings is 1. The van der Waals surface area contributed by atoms with Gasteiger partial charge in [-0.25, -0.2) is 4.98 Å². The van der Waals surface area contributed by atoms with Gasteiger partial charge in [-0.05, 0) is 53.6 Å². The molecule has 1 fully saturated rings. The Labute approximate surface area is 218 Å². The summed E-state index contributed by atoms with van der Waals surface area (Å²) < 4.78 is 17.2. The molecule has 5 heterocycles. The molecule has 0 aliphatic carbocycles. The Morgan fingerprint density at radius 3 is 2.84 bits per heavy atom. The van der Waals surface area contributed by atoms with Gasteiger partial charge in [0, 0.05) is 66.2 Å². The van der Waals surface area contributed by atoms with Crippen LogP contribution in [0.1, 0.15) is 16.7 Å². The van der Waals surface area contributed by atoms with Gasteiger partial charge >= 0.3 is 0 Å². The highest BCUT2D eigenvalue weighted by Crippen LogP contribution is 2.43. The van der Waals surface area contributed by atoms with Crippen molar-refractivity contribution in [2.75, 3.05) is 36.5 Å². The molecule has 0 spiro atoms. The molecular formula is C30H26N4O4. The van der Waals surface area contributed by atoms with Gasteiger partial charge in [-0.1, -0.05) is 12.1 Å². The zero-order chi connectivity index (χ0) is 25.5. The lowest BCUT2D eigenvalue weighted by atomic mass is 9.96. The van der Waals surface area contributed by atoms with Gasteiger partial charge in [0.2, 0.25) is 11.3 Å². The normalized spacial score (nSPS) is 14.6. The first-order chi connectivity index (χ1) is 18.7. The lowest BCUT2D eigenvalue weighted by molar-refractivity contribution is 0.122. The van der Waals surface area contributed by atoms with Crippen molar-refractivity contribution in [1.82, 2.24) is 9.97 Å². The Bertz CT molecular complexity index is 1700. The molecular weight excluding hydrogens is 480 g/mol. The highest BCUT2D eigenvalue weighted by Gasteiger charge is 2.22. The second-order valence-corrected chi connectivity index (χ2v) is 9.62. The Balaban J connectivity index is 1.14. The third-order valence-corrected chi connectivity index (χ3v) is 7.10. The summed E-state index contributed by atoms with van der Waals surface area (Å²) in [5.41, 5.74) is 7.34. The van der Waals surface area contributed by atoms with Gasteiger partial charge in [-0.15, -0.1) is 0 Å². The predicted molar refractivity (Wildman–Crippen MR) is 146 cm³/mol. The van der Waals surface area contributed by atoms with E-state index in [-0.39, 0.29) is 5.56 Å². The van der Waals surface area contributed by atoms with Crippen LogP contribution in [0.15, 0.2) is 82.3 Å². The molecule has 7 rings (SSSR count). The molecule has 2 N–H and O–H groups in total. The first-order valence-electron chi connectivity index (χ1n) is 12.8. The standard InChI is InChI=1S/C30H26N4O4/c35-28-16-24(34-7-10-36-11-8-34)15-26(33-28)25-3-1-2-20-13-22-14-23(4-5-27(22)38-29(20)25)31-17-19-12-21-6-9-37-30(21)32-18-19/h1-6,9,12,14-16,18,31H,7-8,10-11,13,17H2,(H,33,35). The van der Waals surface area contributed by atoms with E-state index in [1.807, 2.05) is 42.6 Å². The first kappa shape index (κ1) is 22.6. The number of aromatic amines is 1. The van der Waals surface area contributed by atoms with Gasteiger partial charge in [0.05, 0.1) is 25.2 Å². The molecule has 0 bridgehead atoms. The van der Waals surface area contributed by atoms with Crippen molar-refractivity contribution in [2.45, 2.75) is 13.0 Å². The molecule has 2 aromatic carbocycles. The predicted octanol–water partition coefficient (Wildman–Crippen LogP) is 5.33. The molecule has 5 aromatic rings. The number of nitrogens with zero attached hydrogens (tertiary/aromatic N) is 2. The smallest absolute Gasteiger partial charge is 0.250 e. The topological polar surface area (TPSA) is 92.6 Å². The Kier molecular flexibility index (Phi) is 5.59. The largest absolute Gasteiger partial charge is 0.456 e. The van der Waals surface area contributed by atoms with Gasteiger partial charge in [-0.2, -0.15) is 0 Å². The van der Waals surface area contributed by atoms with Crippen molar-refractivity contribution in [1.29, 1.82) is 0 Å². The minimum atomic E-state index is -0.129. The summed E-state index contributed by atoms with van der Waals surface area (Å²) in [6.45, 7) is 3.52. The third kappa shape index (κ3) is 4.29. The van der Waals surface area contributed by atoms with E-state index >= 15 is 0 Å². The van der Waals surface area contributed by atoms with Crippen LogP contribution >= 0.6 is 0 Å². The number of anilines is 2. The van der Waals surface area contributed by atoms with Crippen LogP contribution in [-0.2, 0) is 17.7 Å². The number of pyridine rings is 2. The number of H-pyrrole nitrogens is 1. The summed E-state index contributed by atoms with van der Waals surface area (Å²) in [6.07, 6.45) is 4.22. The Morgan fingerprint density at radius 2 is 1.92 bits per heavy atom. The Morgan fingerprint density at radius 1 is 1.00 bits per heavy atom. The molecule has 0 radical (unpaired) electrons. The molecule has 0 saturated carbocycles. The van der Waals surface area contributed by atoms with Gasteiger partial charge in [0.1, 0.15) is 11.5 Å². The van der Waals surface area contributed by atoms with Crippen molar-refractivity contribution in [3.05, 3.63) is 100 Å². The van der Waals surface area contributed by atoms with Gasteiger partial charge in [0.15, 0.2) is 0 Å². The molecule has 3 aromatic heterocycles. The highest BCUT2D eigenvalue weighted by atomic mass is 16.5. The van der Waals surface area contributed by atoms with Crippen LogP contribution in [0.3, 0.4) is 0 Å². The lowest BCUT2D eigenvalue weighted by Gasteiger charge is -2.29. The minimum absolute atomic E-state index is 0.129. The van der Waals surface area contributed by atoms with Crippen LogP contribution in [0.5, 0.6) is 11.5 Å². The van der Waals surface area contributed by atoms with Gasteiger partial charge in [-0.3, -0.25) is 4.79 Å². The van der Waals surface area contributed by atoms with Crippen LogP contribution in [0.25, 0.3) is 22.4 Å². The summed E-state index contributed by atoms with van der Waals surface area (Å²) in [5, 5.41) is 4.49. The number of fused-ring (bicyclic) bond motifs is 3. The van der Waals surface area contributed by atoms with Gasteiger partial charge in [0.25, 0.3) is 0 Å². The van der Waals surface area contributed by atoms with Crippen LogP contribution in [-0.4, -0.2) is 36.3 Å². The number of hydrogen-bond acceptors (Lipinski definition) is 7. The van der Waals surface area contributed by atoms with Crippen molar-refractivity contribution in [3.8, 4) is 22.8 Å². The summed E-state index contributed by atoms with van der Waals surface area (Å²) in [6, 6.07) is 19.9. The fourth-order valence-electron chi connectivity index (χ4n) is 5.18. The molecule has 2 aliphatic rings. The number of benzene rings is 2. The third-order valence-electron chi connectivity index (χ3n) is 7.10. The Hall–Kier alpha value is -4.56. The highest BCUT2D eigenvalue weighted by molar-refractivity contribution is 5.75. The summed E-state index contributed by atoms with van der Waals surface area (Å²) in [4.78, 5) is 22.1. The van der Waals surface area contributed by atoms with Gasteiger partial charge < -0.3 is 29.1 Å². The first-order valence-corrected chi connectivity index (χ1v) is 12.8. The molecule has 8 heteroatoms. The average Bonchev–Trinajstić information content (AvgIpc) is 3.43. The van der Waals surface area contributed by atoms with Crippen molar-refractivity contribution < 1.29 is 13.9 Å². The number of nitrogens with one attached hydrogen (secondary N) is 2. The molecule has 0 unspecified atom stereocenters. The molecule has 38 heavy (non-hydrogen) atoms. The molecule has 1 saturated heterocycles. The summed E-state index contributed by atoms with van der Waals surface area (Å²) in [7, 11) is 0. The van der Waals surface area contributed by atoms with Crippen LogP contribution in [0.4, 0.5) is 11.4 Å². The van der Waals surface area contributed by atoms with Crippen molar-refractivity contribution in [2.24, 2.45) is 0 Å². The van der Waals surface area contributed by atoms with E-state index in [1.54, 1.807) is 12.3 Å². The number of aromatic nitrogens is 2. The monoisotopic (exact) mass is 506 g/mol. The van der Waals surface area contributed by atoms with E-state index in [9.17, 15) is 4.79 Å².